The molecule has 0 bridgehead atoms. The Morgan fingerprint density at radius 3 is 2.85 bits per heavy atom. The number of amides is 1. The van der Waals surface area contributed by atoms with Gasteiger partial charge in [0.25, 0.3) is 5.91 Å². The van der Waals surface area contributed by atoms with E-state index in [1.165, 1.54) is 0 Å². The van der Waals surface area contributed by atoms with Crippen LogP contribution in [-0.4, -0.2) is 42.0 Å². The standard InChI is InChI=1S/C14H21BrClN3O/c1-10(2)19(3)7-5-4-6-17-14(20)12-8-11(15)9-18-13(12)16/h8-10H,4-7H2,1-3H3,(H,17,20). The minimum atomic E-state index is -0.180. The molecule has 1 rings (SSSR count). The average molecular weight is 363 g/mol. The summed E-state index contributed by atoms with van der Waals surface area (Å²) < 4.78 is 0.741. The van der Waals surface area contributed by atoms with E-state index in [1.54, 1.807) is 12.3 Å². The number of nitrogens with zero attached hydrogens (tertiary/aromatic N) is 2. The summed E-state index contributed by atoms with van der Waals surface area (Å²) in [5.41, 5.74) is 0.403. The molecule has 0 aromatic carbocycles. The van der Waals surface area contributed by atoms with Crippen LogP contribution in [0.5, 0.6) is 0 Å². The van der Waals surface area contributed by atoms with E-state index >= 15 is 0 Å². The van der Waals surface area contributed by atoms with Gasteiger partial charge in [-0.15, -0.1) is 0 Å². The van der Waals surface area contributed by atoms with Crippen LogP contribution in [0.25, 0.3) is 0 Å². The van der Waals surface area contributed by atoms with Crippen molar-refractivity contribution in [1.82, 2.24) is 15.2 Å². The predicted molar refractivity (Wildman–Crippen MR) is 86.3 cm³/mol. The summed E-state index contributed by atoms with van der Waals surface area (Å²) >= 11 is 9.19. The molecule has 0 atom stereocenters. The van der Waals surface area contributed by atoms with Crippen molar-refractivity contribution in [3.8, 4) is 0 Å². The van der Waals surface area contributed by atoms with Gasteiger partial charge in [-0.1, -0.05) is 11.6 Å². The highest BCUT2D eigenvalue weighted by molar-refractivity contribution is 9.10. The van der Waals surface area contributed by atoms with Gasteiger partial charge < -0.3 is 10.2 Å². The lowest BCUT2D eigenvalue weighted by Gasteiger charge is -2.20. The Labute approximate surface area is 134 Å². The van der Waals surface area contributed by atoms with E-state index in [0.29, 0.717) is 18.2 Å². The Bertz CT molecular complexity index is 454. The van der Waals surface area contributed by atoms with Gasteiger partial charge in [0.2, 0.25) is 0 Å². The lowest BCUT2D eigenvalue weighted by molar-refractivity contribution is 0.0952. The van der Waals surface area contributed by atoms with Gasteiger partial charge in [0, 0.05) is 23.3 Å². The van der Waals surface area contributed by atoms with Gasteiger partial charge in [-0.25, -0.2) is 4.98 Å². The van der Waals surface area contributed by atoms with Gasteiger partial charge in [-0.2, -0.15) is 0 Å². The van der Waals surface area contributed by atoms with Gasteiger partial charge in [-0.3, -0.25) is 4.79 Å². The third-order valence-electron chi connectivity index (χ3n) is 3.16. The number of nitrogens with one attached hydrogen (secondary N) is 1. The molecule has 4 nitrogen and oxygen atoms in total. The summed E-state index contributed by atoms with van der Waals surface area (Å²) in [6, 6.07) is 2.23. The fourth-order valence-corrected chi connectivity index (χ4v) is 2.14. The van der Waals surface area contributed by atoms with Crippen molar-refractivity contribution in [1.29, 1.82) is 0 Å². The van der Waals surface area contributed by atoms with E-state index < -0.39 is 0 Å². The molecule has 0 spiro atoms. The molecule has 112 valence electrons. The summed E-state index contributed by atoms with van der Waals surface area (Å²) in [6.07, 6.45) is 3.57. The molecule has 0 saturated carbocycles. The topological polar surface area (TPSA) is 45.2 Å². The van der Waals surface area contributed by atoms with Crippen LogP contribution in [0.4, 0.5) is 0 Å². The summed E-state index contributed by atoms with van der Waals surface area (Å²) in [5.74, 6) is -0.180. The molecular formula is C14H21BrClN3O. The molecule has 1 N–H and O–H groups in total. The molecule has 0 aliphatic heterocycles. The number of aromatic nitrogens is 1. The maximum absolute atomic E-state index is 12.0. The maximum Gasteiger partial charge on any atom is 0.254 e. The molecule has 6 heteroatoms. The highest BCUT2D eigenvalue weighted by atomic mass is 79.9. The second-order valence-corrected chi connectivity index (χ2v) is 6.30. The van der Waals surface area contributed by atoms with Crippen LogP contribution in [0.2, 0.25) is 5.15 Å². The highest BCUT2D eigenvalue weighted by Crippen LogP contribution is 2.17. The summed E-state index contributed by atoms with van der Waals surface area (Å²) in [6.45, 7) is 6.02. The zero-order valence-electron chi connectivity index (χ0n) is 12.1. The van der Waals surface area contributed by atoms with Crippen LogP contribution in [0.3, 0.4) is 0 Å². The van der Waals surface area contributed by atoms with Crippen molar-refractivity contribution < 1.29 is 4.79 Å². The molecular weight excluding hydrogens is 342 g/mol. The van der Waals surface area contributed by atoms with Crippen LogP contribution in [0.15, 0.2) is 16.7 Å². The van der Waals surface area contributed by atoms with E-state index in [0.717, 1.165) is 23.9 Å². The average Bonchev–Trinajstić information content (AvgIpc) is 2.40. The lowest BCUT2D eigenvalue weighted by Crippen LogP contribution is -2.29. The van der Waals surface area contributed by atoms with Crippen molar-refractivity contribution in [2.24, 2.45) is 0 Å². The third-order valence-corrected chi connectivity index (χ3v) is 3.89. The van der Waals surface area contributed by atoms with Crippen molar-refractivity contribution in [3.05, 3.63) is 27.5 Å². The molecule has 1 aromatic rings. The number of carbonyl (C=O) groups is 1. The molecule has 1 heterocycles. The Morgan fingerprint density at radius 2 is 2.20 bits per heavy atom. The smallest absolute Gasteiger partial charge is 0.254 e. The zero-order chi connectivity index (χ0) is 15.1. The van der Waals surface area contributed by atoms with Gasteiger partial charge in [0.1, 0.15) is 5.15 Å². The van der Waals surface area contributed by atoms with Crippen LogP contribution < -0.4 is 5.32 Å². The Kier molecular flexibility index (Phi) is 7.48. The van der Waals surface area contributed by atoms with Crippen LogP contribution >= 0.6 is 27.5 Å². The molecule has 0 aliphatic rings. The zero-order valence-corrected chi connectivity index (χ0v) is 14.5. The SMILES string of the molecule is CC(C)N(C)CCCCNC(=O)c1cc(Br)cnc1Cl. The monoisotopic (exact) mass is 361 g/mol. The fraction of sp³-hybridized carbons (Fsp3) is 0.571. The first kappa shape index (κ1) is 17.4. The van der Waals surface area contributed by atoms with E-state index in [2.05, 4.69) is 52.0 Å². The fourth-order valence-electron chi connectivity index (χ4n) is 1.62. The van der Waals surface area contributed by atoms with E-state index in [-0.39, 0.29) is 11.1 Å². The number of carbonyl (C=O) groups excluding carboxylic acids is 1. The van der Waals surface area contributed by atoms with Gasteiger partial charge >= 0.3 is 0 Å². The summed E-state index contributed by atoms with van der Waals surface area (Å²) in [5, 5.41) is 3.09. The number of halogens is 2. The van der Waals surface area contributed by atoms with Crippen LogP contribution in [0, 0.1) is 0 Å². The van der Waals surface area contributed by atoms with Gasteiger partial charge in [0.05, 0.1) is 5.56 Å². The lowest BCUT2D eigenvalue weighted by atomic mass is 10.2. The molecule has 20 heavy (non-hydrogen) atoms. The normalized spacial score (nSPS) is 11.2. The van der Waals surface area contributed by atoms with Crippen LogP contribution in [0.1, 0.15) is 37.0 Å². The van der Waals surface area contributed by atoms with E-state index in [9.17, 15) is 4.79 Å². The van der Waals surface area contributed by atoms with Crippen molar-refractivity contribution in [3.63, 3.8) is 0 Å². The predicted octanol–water partition coefficient (Wildman–Crippen LogP) is 3.35. The van der Waals surface area contributed by atoms with E-state index in [4.69, 9.17) is 11.6 Å². The Hall–Kier alpha value is -0.650. The Morgan fingerprint density at radius 1 is 1.50 bits per heavy atom. The largest absolute Gasteiger partial charge is 0.352 e. The molecule has 0 saturated heterocycles. The number of hydrogen-bond donors (Lipinski definition) is 1. The molecule has 0 unspecified atom stereocenters. The number of rotatable bonds is 7. The van der Waals surface area contributed by atoms with E-state index in [1.807, 2.05) is 0 Å². The highest BCUT2D eigenvalue weighted by Gasteiger charge is 2.11. The first-order chi connectivity index (χ1) is 9.41. The van der Waals surface area contributed by atoms with Gasteiger partial charge in [0.15, 0.2) is 0 Å². The molecule has 1 aromatic heterocycles. The maximum atomic E-state index is 12.0. The second-order valence-electron chi connectivity index (χ2n) is 5.03. The van der Waals surface area contributed by atoms with Crippen LogP contribution in [-0.2, 0) is 0 Å². The number of hydrogen-bond acceptors (Lipinski definition) is 3. The molecule has 0 fully saturated rings. The number of pyridine rings is 1. The van der Waals surface area contributed by atoms with Crippen molar-refractivity contribution >= 4 is 33.4 Å². The quantitative estimate of drug-likeness (QED) is 0.597. The Balaban J connectivity index is 2.32. The summed E-state index contributed by atoms with van der Waals surface area (Å²) in [7, 11) is 2.11. The van der Waals surface area contributed by atoms with Gasteiger partial charge in [-0.05, 0) is 62.3 Å². The molecule has 1 amide bonds. The minimum Gasteiger partial charge on any atom is -0.352 e. The third kappa shape index (κ3) is 5.77. The molecule has 0 aliphatic carbocycles. The first-order valence-corrected chi connectivity index (χ1v) is 7.88. The first-order valence-electron chi connectivity index (χ1n) is 6.71. The van der Waals surface area contributed by atoms with Crippen molar-refractivity contribution in [2.75, 3.05) is 20.1 Å². The minimum absolute atomic E-state index is 0.180. The summed E-state index contributed by atoms with van der Waals surface area (Å²) in [4.78, 5) is 18.2. The second kappa shape index (κ2) is 8.60. The molecule has 0 radical (unpaired) electrons. The van der Waals surface area contributed by atoms with Crippen molar-refractivity contribution in [2.45, 2.75) is 32.7 Å². The number of unbranched alkanes of at least 4 members (excludes halogenated alkanes) is 1.